The maximum Gasteiger partial charge on any atom is 0.439 e. The predicted molar refractivity (Wildman–Crippen MR) is 119 cm³/mol. The summed E-state index contributed by atoms with van der Waals surface area (Å²) in [6.45, 7) is 5.32. The molecule has 1 aliphatic heterocycles. The van der Waals surface area contributed by atoms with Gasteiger partial charge in [0.25, 0.3) is 6.17 Å². The van der Waals surface area contributed by atoms with Gasteiger partial charge in [0.2, 0.25) is 0 Å². The third kappa shape index (κ3) is 8.53. The van der Waals surface area contributed by atoms with Crippen LogP contribution < -0.4 is 14.2 Å². The number of rotatable bonds is 13. The van der Waals surface area contributed by atoms with Gasteiger partial charge in [-0.1, -0.05) is 6.92 Å². The number of benzene rings is 2. The highest BCUT2D eigenvalue weighted by Gasteiger charge is 2.59. The van der Waals surface area contributed by atoms with Gasteiger partial charge in [0.05, 0.1) is 32.0 Å². The standard InChI is InChI=1S/C25H26F6O6/c1-23(15-34-16-23)14-33-12-2-3-13-35-18-6-4-17(5-7-18)21(32)36-19-8-10-20(11-9-19)37-25(30,31)22(26)24(27,28)29/h4-11,22H,2-3,12-16H2,1H3. The molecule has 0 radical (unpaired) electrons. The van der Waals surface area contributed by atoms with Crippen LogP contribution in [0.4, 0.5) is 26.3 Å². The van der Waals surface area contributed by atoms with Crippen LogP contribution in [-0.2, 0) is 9.47 Å². The van der Waals surface area contributed by atoms with Crippen molar-refractivity contribution in [3.8, 4) is 17.2 Å². The Hall–Kier alpha value is -2.99. The van der Waals surface area contributed by atoms with Crippen molar-refractivity contribution >= 4 is 5.97 Å². The average molecular weight is 536 g/mol. The number of halogens is 6. The maximum atomic E-state index is 13.3. The normalized spacial score (nSPS) is 16.0. The summed E-state index contributed by atoms with van der Waals surface area (Å²) in [5.74, 6) is -1.06. The number of hydrogen-bond acceptors (Lipinski definition) is 6. The molecule has 1 saturated heterocycles. The van der Waals surface area contributed by atoms with Crippen molar-refractivity contribution in [1.29, 1.82) is 0 Å². The summed E-state index contributed by atoms with van der Waals surface area (Å²) >= 11 is 0. The van der Waals surface area contributed by atoms with Crippen LogP contribution in [0.2, 0.25) is 0 Å². The van der Waals surface area contributed by atoms with Crippen LogP contribution in [0.5, 0.6) is 17.2 Å². The zero-order valence-corrected chi connectivity index (χ0v) is 19.9. The summed E-state index contributed by atoms with van der Waals surface area (Å²) in [5, 5.41) is 0. The Morgan fingerprint density at radius 1 is 0.919 bits per heavy atom. The van der Waals surface area contributed by atoms with E-state index in [1.165, 1.54) is 12.1 Å². The highest BCUT2D eigenvalue weighted by molar-refractivity contribution is 5.91. The number of ether oxygens (including phenoxy) is 5. The number of carbonyl (C=O) groups is 1. The zero-order valence-electron chi connectivity index (χ0n) is 19.9. The van der Waals surface area contributed by atoms with Crippen molar-refractivity contribution in [1.82, 2.24) is 0 Å². The largest absolute Gasteiger partial charge is 0.494 e. The SMILES string of the molecule is CC1(COCCCCOc2ccc(C(=O)Oc3ccc(OC(F)(F)C(F)C(F)(F)F)cc3)cc2)COC1. The molecule has 0 N–H and O–H groups in total. The second-order valence-corrected chi connectivity index (χ2v) is 8.86. The molecule has 0 saturated carbocycles. The molecule has 0 spiro atoms. The van der Waals surface area contributed by atoms with Gasteiger partial charge in [0.1, 0.15) is 17.2 Å². The summed E-state index contributed by atoms with van der Waals surface area (Å²) < 4.78 is 102. The first-order valence-corrected chi connectivity index (χ1v) is 11.4. The van der Waals surface area contributed by atoms with Gasteiger partial charge in [-0.2, -0.15) is 22.0 Å². The second kappa shape index (κ2) is 12.0. The molecular weight excluding hydrogens is 510 g/mol. The fourth-order valence-corrected chi connectivity index (χ4v) is 3.18. The van der Waals surface area contributed by atoms with E-state index in [0.29, 0.717) is 25.6 Å². The number of hydrogen-bond donors (Lipinski definition) is 0. The minimum atomic E-state index is -5.79. The topological polar surface area (TPSA) is 63.2 Å². The van der Waals surface area contributed by atoms with Gasteiger partial charge in [0, 0.05) is 12.0 Å². The molecular formula is C25H26F6O6. The summed E-state index contributed by atoms with van der Waals surface area (Å²) in [6.07, 6.45) is -13.8. The molecule has 1 fully saturated rings. The molecule has 3 rings (SSSR count). The molecule has 6 nitrogen and oxygen atoms in total. The molecule has 12 heteroatoms. The first-order valence-electron chi connectivity index (χ1n) is 11.4. The molecule has 2 aromatic carbocycles. The Kier molecular flexibility index (Phi) is 9.30. The number of carbonyl (C=O) groups excluding carboxylic acids is 1. The van der Waals surface area contributed by atoms with Crippen molar-refractivity contribution < 1.29 is 54.8 Å². The van der Waals surface area contributed by atoms with Crippen LogP contribution >= 0.6 is 0 Å². The monoisotopic (exact) mass is 536 g/mol. The summed E-state index contributed by atoms with van der Waals surface area (Å²) in [5.41, 5.74) is 0.293. The molecule has 0 bridgehead atoms. The van der Waals surface area contributed by atoms with E-state index in [2.05, 4.69) is 11.7 Å². The fraction of sp³-hybridized carbons (Fsp3) is 0.480. The minimum absolute atomic E-state index is 0.0883. The van der Waals surface area contributed by atoms with Crippen molar-refractivity contribution in [2.24, 2.45) is 5.41 Å². The third-order valence-corrected chi connectivity index (χ3v) is 5.26. The lowest BCUT2D eigenvalue weighted by molar-refractivity contribution is -0.305. The molecule has 37 heavy (non-hydrogen) atoms. The van der Waals surface area contributed by atoms with Crippen molar-refractivity contribution in [3.05, 3.63) is 54.1 Å². The van der Waals surface area contributed by atoms with Gasteiger partial charge >= 0.3 is 18.3 Å². The molecule has 2 aromatic rings. The maximum absolute atomic E-state index is 13.3. The third-order valence-electron chi connectivity index (χ3n) is 5.26. The van der Waals surface area contributed by atoms with Crippen LogP contribution in [0, 0.1) is 5.41 Å². The molecule has 1 unspecified atom stereocenters. The first-order chi connectivity index (χ1) is 17.4. The Morgan fingerprint density at radius 3 is 2.05 bits per heavy atom. The van der Waals surface area contributed by atoms with E-state index < -0.39 is 30.2 Å². The van der Waals surface area contributed by atoms with Gasteiger partial charge in [-0.05, 0) is 61.4 Å². The van der Waals surface area contributed by atoms with Crippen molar-refractivity contribution in [2.75, 3.05) is 33.0 Å². The Morgan fingerprint density at radius 2 is 1.49 bits per heavy atom. The Balaban J connectivity index is 1.39. The summed E-state index contributed by atoms with van der Waals surface area (Å²) in [7, 11) is 0. The van der Waals surface area contributed by atoms with E-state index in [-0.39, 0.29) is 16.7 Å². The van der Waals surface area contributed by atoms with Gasteiger partial charge < -0.3 is 23.7 Å². The predicted octanol–water partition coefficient (Wildman–Crippen LogP) is 5.99. The molecule has 0 amide bonds. The average Bonchev–Trinajstić information content (AvgIpc) is 2.82. The quantitative estimate of drug-likeness (QED) is 0.136. The lowest BCUT2D eigenvalue weighted by Gasteiger charge is -2.37. The van der Waals surface area contributed by atoms with E-state index in [1.54, 1.807) is 12.1 Å². The summed E-state index contributed by atoms with van der Waals surface area (Å²) in [6, 6.07) is 9.79. The van der Waals surface area contributed by atoms with Gasteiger partial charge in [-0.15, -0.1) is 0 Å². The van der Waals surface area contributed by atoms with Crippen LogP contribution in [0.15, 0.2) is 48.5 Å². The van der Waals surface area contributed by atoms with E-state index in [1.807, 2.05) is 0 Å². The summed E-state index contributed by atoms with van der Waals surface area (Å²) in [4.78, 5) is 12.3. The zero-order chi connectivity index (χ0) is 27.1. The highest BCUT2D eigenvalue weighted by Crippen LogP contribution is 2.36. The molecule has 204 valence electrons. The smallest absolute Gasteiger partial charge is 0.439 e. The van der Waals surface area contributed by atoms with E-state index in [4.69, 9.17) is 18.9 Å². The van der Waals surface area contributed by atoms with Gasteiger partial charge in [0.15, 0.2) is 0 Å². The molecule has 1 atom stereocenters. The fourth-order valence-electron chi connectivity index (χ4n) is 3.18. The lowest BCUT2D eigenvalue weighted by atomic mass is 9.90. The minimum Gasteiger partial charge on any atom is -0.494 e. The molecule has 1 heterocycles. The van der Waals surface area contributed by atoms with Crippen LogP contribution in [0.25, 0.3) is 0 Å². The molecule has 0 aliphatic carbocycles. The van der Waals surface area contributed by atoms with Crippen LogP contribution in [-0.4, -0.2) is 57.5 Å². The lowest BCUT2D eigenvalue weighted by Crippen LogP contribution is -2.45. The second-order valence-electron chi connectivity index (χ2n) is 8.86. The van der Waals surface area contributed by atoms with Crippen LogP contribution in [0.3, 0.4) is 0 Å². The number of esters is 1. The molecule has 1 aliphatic rings. The van der Waals surface area contributed by atoms with Crippen molar-refractivity contribution in [3.63, 3.8) is 0 Å². The Bertz CT molecular complexity index is 1010. The number of unbranched alkanes of at least 4 members (excludes halogenated alkanes) is 1. The van der Waals surface area contributed by atoms with E-state index in [0.717, 1.165) is 50.3 Å². The van der Waals surface area contributed by atoms with E-state index >= 15 is 0 Å². The van der Waals surface area contributed by atoms with Gasteiger partial charge in [-0.3, -0.25) is 0 Å². The van der Waals surface area contributed by atoms with E-state index in [9.17, 15) is 31.1 Å². The first kappa shape index (κ1) is 28.6. The number of alkyl halides is 6. The van der Waals surface area contributed by atoms with Crippen LogP contribution in [0.1, 0.15) is 30.1 Å². The highest BCUT2D eigenvalue weighted by atomic mass is 19.4. The Labute approximate surface area is 209 Å². The molecule has 0 aromatic heterocycles. The van der Waals surface area contributed by atoms with Crippen molar-refractivity contribution in [2.45, 2.75) is 38.2 Å². The van der Waals surface area contributed by atoms with Gasteiger partial charge in [-0.25, -0.2) is 9.18 Å².